The summed E-state index contributed by atoms with van der Waals surface area (Å²) in [5.41, 5.74) is 1.33. The second-order valence-electron chi connectivity index (χ2n) is 6.75. The standard InChI is InChI=1S/C16H26O3/c1-11(2)8-9-13-15(3,18-13)12-7-5-6-10-16(12)14(17-4)19-16/h8,12-14H,5-7,9-10H2,1-4H3/t12?,13-,14?,15-,16?/m1/s1. The van der Waals surface area contributed by atoms with Gasteiger partial charge in [0, 0.05) is 13.0 Å². The van der Waals surface area contributed by atoms with Crippen molar-refractivity contribution in [2.45, 2.75) is 76.5 Å². The van der Waals surface area contributed by atoms with E-state index in [4.69, 9.17) is 14.2 Å². The summed E-state index contributed by atoms with van der Waals surface area (Å²) in [5, 5.41) is 0. The molecule has 108 valence electrons. The quantitative estimate of drug-likeness (QED) is 0.577. The Labute approximate surface area is 116 Å². The second-order valence-corrected chi connectivity index (χ2v) is 6.75. The van der Waals surface area contributed by atoms with Crippen LogP contribution in [-0.4, -0.2) is 30.7 Å². The molecule has 0 aromatic carbocycles. The van der Waals surface area contributed by atoms with Crippen LogP contribution < -0.4 is 0 Å². The molecule has 1 saturated carbocycles. The highest BCUT2D eigenvalue weighted by Gasteiger charge is 2.72. The van der Waals surface area contributed by atoms with E-state index in [1.165, 1.54) is 24.8 Å². The average Bonchev–Trinajstić information content (AvgIpc) is 3.25. The van der Waals surface area contributed by atoms with Crippen LogP contribution in [0.2, 0.25) is 0 Å². The monoisotopic (exact) mass is 266 g/mol. The molecule has 5 atom stereocenters. The molecule has 1 aliphatic carbocycles. The summed E-state index contributed by atoms with van der Waals surface area (Å²) in [6, 6.07) is 0. The van der Waals surface area contributed by atoms with Gasteiger partial charge in [-0.2, -0.15) is 0 Å². The number of methoxy groups -OCH3 is 1. The van der Waals surface area contributed by atoms with Gasteiger partial charge in [-0.15, -0.1) is 0 Å². The first-order valence-electron chi connectivity index (χ1n) is 7.55. The molecule has 0 bridgehead atoms. The summed E-state index contributed by atoms with van der Waals surface area (Å²) >= 11 is 0. The number of epoxide rings is 2. The van der Waals surface area contributed by atoms with Crippen LogP contribution in [0.25, 0.3) is 0 Å². The molecule has 0 amide bonds. The molecular formula is C16H26O3. The molecule has 1 spiro atoms. The lowest BCUT2D eigenvalue weighted by molar-refractivity contribution is 0.0886. The van der Waals surface area contributed by atoms with Gasteiger partial charge in [0.15, 0.2) is 6.29 Å². The van der Waals surface area contributed by atoms with Crippen molar-refractivity contribution in [1.82, 2.24) is 0 Å². The van der Waals surface area contributed by atoms with Gasteiger partial charge in [0.2, 0.25) is 0 Å². The molecule has 2 heterocycles. The van der Waals surface area contributed by atoms with E-state index < -0.39 is 0 Å². The lowest BCUT2D eigenvalue weighted by Gasteiger charge is -2.32. The first kappa shape index (κ1) is 13.6. The highest BCUT2D eigenvalue weighted by molar-refractivity contribution is 5.18. The molecule has 3 unspecified atom stereocenters. The molecule has 0 aromatic rings. The van der Waals surface area contributed by atoms with Crippen molar-refractivity contribution in [1.29, 1.82) is 0 Å². The van der Waals surface area contributed by atoms with E-state index >= 15 is 0 Å². The molecule has 3 heteroatoms. The molecule has 3 aliphatic rings. The summed E-state index contributed by atoms with van der Waals surface area (Å²) in [6.45, 7) is 6.56. The Morgan fingerprint density at radius 3 is 2.74 bits per heavy atom. The Morgan fingerprint density at radius 2 is 2.11 bits per heavy atom. The van der Waals surface area contributed by atoms with Crippen molar-refractivity contribution in [3.63, 3.8) is 0 Å². The van der Waals surface area contributed by atoms with Gasteiger partial charge < -0.3 is 14.2 Å². The Balaban J connectivity index is 1.70. The molecule has 19 heavy (non-hydrogen) atoms. The third-order valence-electron chi connectivity index (χ3n) is 5.19. The van der Waals surface area contributed by atoms with Crippen molar-refractivity contribution >= 4 is 0 Å². The fourth-order valence-electron chi connectivity index (χ4n) is 3.98. The Kier molecular flexibility index (Phi) is 3.27. The maximum Gasteiger partial charge on any atom is 0.187 e. The van der Waals surface area contributed by atoms with Gasteiger partial charge in [0.1, 0.15) is 5.60 Å². The van der Waals surface area contributed by atoms with Gasteiger partial charge in [-0.3, -0.25) is 0 Å². The van der Waals surface area contributed by atoms with Crippen LogP contribution in [-0.2, 0) is 14.2 Å². The van der Waals surface area contributed by atoms with Crippen molar-refractivity contribution in [2.75, 3.05) is 7.11 Å². The summed E-state index contributed by atoms with van der Waals surface area (Å²) in [6.07, 6.45) is 8.57. The fraction of sp³-hybridized carbons (Fsp3) is 0.875. The maximum absolute atomic E-state index is 6.08. The summed E-state index contributed by atoms with van der Waals surface area (Å²) in [5.74, 6) is 0.495. The van der Waals surface area contributed by atoms with Crippen molar-refractivity contribution in [2.24, 2.45) is 5.92 Å². The topological polar surface area (TPSA) is 34.3 Å². The Hall–Kier alpha value is -0.380. The van der Waals surface area contributed by atoms with Gasteiger partial charge in [-0.05, 0) is 40.0 Å². The van der Waals surface area contributed by atoms with Gasteiger partial charge in [-0.1, -0.05) is 24.5 Å². The molecule has 3 nitrogen and oxygen atoms in total. The Bertz CT molecular complexity index is 387. The lowest BCUT2D eigenvalue weighted by atomic mass is 9.70. The van der Waals surface area contributed by atoms with Gasteiger partial charge in [-0.25, -0.2) is 0 Å². The first-order valence-corrected chi connectivity index (χ1v) is 7.55. The predicted molar refractivity (Wildman–Crippen MR) is 73.9 cm³/mol. The zero-order valence-corrected chi connectivity index (χ0v) is 12.6. The van der Waals surface area contributed by atoms with Crippen LogP contribution in [0.4, 0.5) is 0 Å². The molecule has 0 radical (unpaired) electrons. The van der Waals surface area contributed by atoms with Crippen molar-refractivity contribution in [3.05, 3.63) is 11.6 Å². The van der Waals surface area contributed by atoms with Gasteiger partial charge >= 0.3 is 0 Å². The van der Waals surface area contributed by atoms with E-state index in [0.29, 0.717) is 12.0 Å². The third-order valence-corrected chi connectivity index (χ3v) is 5.19. The summed E-state index contributed by atoms with van der Waals surface area (Å²) < 4.78 is 17.5. The third kappa shape index (κ3) is 2.16. The number of hydrogen-bond donors (Lipinski definition) is 0. The minimum absolute atomic E-state index is 0.000347. The van der Waals surface area contributed by atoms with Crippen LogP contribution in [0, 0.1) is 5.92 Å². The number of rotatable bonds is 4. The van der Waals surface area contributed by atoms with E-state index in [1.807, 2.05) is 0 Å². The molecule has 3 rings (SSSR count). The van der Waals surface area contributed by atoms with Crippen LogP contribution in [0.3, 0.4) is 0 Å². The van der Waals surface area contributed by atoms with Crippen LogP contribution in [0.5, 0.6) is 0 Å². The summed E-state index contributed by atoms with van der Waals surface area (Å²) in [4.78, 5) is 0. The average molecular weight is 266 g/mol. The molecule has 0 N–H and O–H groups in total. The van der Waals surface area contributed by atoms with Gasteiger partial charge in [0.25, 0.3) is 0 Å². The summed E-state index contributed by atoms with van der Waals surface area (Å²) in [7, 11) is 1.75. The second kappa shape index (κ2) is 4.57. The zero-order valence-electron chi connectivity index (χ0n) is 12.6. The fourth-order valence-corrected chi connectivity index (χ4v) is 3.98. The zero-order chi connectivity index (χ0) is 13.7. The van der Waals surface area contributed by atoms with Crippen LogP contribution >= 0.6 is 0 Å². The Morgan fingerprint density at radius 1 is 1.32 bits per heavy atom. The lowest BCUT2D eigenvalue weighted by Crippen LogP contribution is -2.41. The van der Waals surface area contributed by atoms with Crippen LogP contribution in [0.15, 0.2) is 11.6 Å². The smallest absolute Gasteiger partial charge is 0.187 e. The highest BCUT2D eigenvalue weighted by Crippen LogP contribution is 2.61. The molecular weight excluding hydrogens is 240 g/mol. The largest absolute Gasteiger partial charge is 0.366 e. The number of ether oxygens (including phenoxy) is 3. The first-order chi connectivity index (χ1) is 9.03. The normalized spacial score (nSPS) is 48.1. The van der Waals surface area contributed by atoms with E-state index in [2.05, 4.69) is 26.8 Å². The molecule has 0 aromatic heterocycles. The van der Waals surface area contributed by atoms with E-state index in [0.717, 1.165) is 12.8 Å². The molecule has 3 fully saturated rings. The number of hydrogen-bond acceptors (Lipinski definition) is 3. The van der Waals surface area contributed by atoms with Crippen LogP contribution in [0.1, 0.15) is 52.9 Å². The predicted octanol–water partition coefficient (Wildman–Crippen LogP) is 3.43. The van der Waals surface area contributed by atoms with E-state index in [1.54, 1.807) is 7.11 Å². The number of allylic oxidation sites excluding steroid dienone is 1. The van der Waals surface area contributed by atoms with Crippen molar-refractivity contribution < 1.29 is 14.2 Å². The molecule has 2 aliphatic heterocycles. The van der Waals surface area contributed by atoms with E-state index in [9.17, 15) is 0 Å². The van der Waals surface area contributed by atoms with Crippen molar-refractivity contribution in [3.8, 4) is 0 Å². The molecule has 2 saturated heterocycles. The van der Waals surface area contributed by atoms with Gasteiger partial charge in [0.05, 0.1) is 11.7 Å². The van der Waals surface area contributed by atoms with E-state index in [-0.39, 0.29) is 17.5 Å². The maximum atomic E-state index is 6.08. The highest BCUT2D eigenvalue weighted by atomic mass is 16.8. The SMILES string of the molecule is COC1OC12CCCCC2[C@@]1(C)O[C@@H]1CC=C(C)C. The minimum Gasteiger partial charge on any atom is -0.366 e. The minimum atomic E-state index is -0.0402.